The molecule has 2 aromatic carbocycles. The summed E-state index contributed by atoms with van der Waals surface area (Å²) in [7, 11) is 2.19. The van der Waals surface area contributed by atoms with Crippen molar-refractivity contribution >= 4 is 0 Å². The molecule has 3 rings (SSSR count). The van der Waals surface area contributed by atoms with Crippen LogP contribution in [0, 0.1) is 11.3 Å². The van der Waals surface area contributed by atoms with Crippen LogP contribution in [0.1, 0.15) is 22.7 Å². The fourth-order valence-electron chi connectivity index (χ4n) is 3.24. The van der Waals surface area contributed by atoms with E-state index in [0.29, 0.717) is 12.5 Å². The Balaban J connectivity index is 1.90. The number of hydrogen-bond donors (Lipinski definition) is 0. The molecule has 118 valence electrons. The zero-order valence-electron chi connectivity index (χ0n) is 13.7. The van der Waals surface area contributed by atoms with E-state index >= 15 is 0 Å². The lowest BCUT2D eigenvalue weighted by Gasteiger charge is -2.38. The molecule has 0 bridgehead atoms. The van der Waals surface area contributed by atoms with Crippen molar-refractivity contribution in [2.45, 2.75) is 12.5 Å². The zero-order valence-corrected chi connectivity index (χ0v) is 13.7. The van der Waals surface area contributed by atoms with Gasteiger partial charge in [0.25, 0.3) is 0 Å². The fraction of sp³-hybridized carbons (Fsp3) is 0.350. The van der Waals surface area contributed by atoms with Crippen molar-refractivity contribution in [3.63, 3.8) is 0 Å². The average Bonchev–Trinajstić information content (AvgIpc) is 2.60. The summed E-state index contributed by atoms with van der Waals surface area (Å²) in [5.41, 5.74) is 3.73. The van der Waals surface area contributed by atoms with E-state index in [0.717, 1.165) is 31.7 Å². The molecule has 2 aromatic rings. The van der Waals surface area contributed by atoms with E-state index in [1.807, 2.05) is 0 Å². The molecule has 1 unspecified atom stereocenters. The second-order valence-electron chi connectivity index (χ2n) is 6.23. The minimum absolute atomic E-state index is 0.293. The number of nitrogens with zero attached hydrogens (tertiary/aromatic N) is 3. The van der Waals surface area contributed by atoms with Crippen molar-refractivity contribution in [1.29, 1.82) is 5.26 Å². The Hall–Kier alpha value is -2.15. The summed E-state index contributed by atoms with van der Waals surface area (Å²) in [6.45, 7) is 4.37. The Morgan fingerprint density at radius 2 is 1.52 bits per heavy atom. The van der Waals surface area contributed by atoms with Crippen LogP contribution < -0.4 is 0 Å². The highest BCUT2D eigenvalue weighted by molar-refractivity contribution is 5.34. The van der Waals surface area contributed by atoms with Crippen molar-refractivity contribution in [2.24, 2.45) is 0 Å². The van der Waals surface area contributed by atoms with Gasteiger partial charge >= 0.3 is 0 Å². The molecule has 1 aliphatic heterocycles. The van der Waals surface area contributed by atoms with Crippen LogP contribution in [0.2, 0.25) is 0 Å². The third kappa shape index (κ3) is 3.79. The Morgan fingerprint density at radius 1 is 0.913 bits per heavy atom. The van der Waals surface area contributed by atoms with Crippen LogP contribution in [-0.2, 0) is 6.42 Å². The summed E-state index contributed by atoms with van der Waals surface area (Å²) in [6, 6.07) is 21.8. The van der Waals surface area contributed by atoms with Gasteiger partial charge in [-0.05, 0) is 23.7 Å². The van der Waals surface area contributed by atoms with Gasteiger partial charge in [0.2, 0.25) is 0 Å². The van der Waals surface area contributed by atoms with Gasteiger partial charge in [0.1, 0.15) is 0 Å². The van der Waals surface area contributed by atoms with Gasteiger partial charge in [-0.1, -0.05) is 54.6 Å². The summed E-state index contributed by atoms with van der Waals surface area (Å²) >= 11 is 0. The number of piperazine rings is 1. The molecule has 3 nitrogen and oxygen atoms in total. The number of likely N-dealkylation sites (N-methyl/N-ethyl adjacent to an activating group) is 1. The quantitative estimate of drug-likeness (QED) is 0.869. The van der Waals surface area contributed by atoms with Crippen molar-refractivity contribution in [3.8, 4) is 6.07 Å². The maximum Gasteiger partial charge on any atom is 0.0669 e. The van der Waals surface area contributed by atoms with Gasteiger partial charge in [-0.2, -0.15) is 5.26 Å². The highest BCUT2D eigenvalue weighted by atomic mass is 15.3. The van der Waals surface area contributed by atoms with Crippen LogP contribution in [0.5, 0.6) is 0 Å². The van der Waals surface area contributed by atoms with Gasteiger partial charge < -0.3 is 4.90 Å². The molecule has 0 aliphatic carbocycles. The third-order valence-corrected chi connectivity index (χ3v) is 4.60. The first-order valence-electron chi connectivity index (χ1n) is 8.21. The summed E-state index contributed by atoms with van der Waals surface area (Å²) in [5.74, 6) is 0. The fourth-order valence-corrected chi connectivity index (χ4v) is 3.24. The van der Waals surface area contributed by atoms with Crippen LogP contribution in [0.4, 0.5) is 0 Å². The molecular formula is C20H23N3. The number of rotatable bonds is 4. The van der Waals surface area contributed by atoms with Gasteiger partial charge in [0.15, 0.2) is 0 Å². The predicted octanol–water partition coefficient (Wildman–Crippen LogP) is 3.09. The van der Waals surface area contributed by atoms with E-state index in [4.69, 9.17) is 5.26 Å². The molecule has 0 amide bonds. The van der Waals surface area contributed by atoms with Crippen LogP contribution >= 0.6 is 0 Å². The molecule has 0 aromatic heterocycles. The van der Waals surface area contributed by atoms with Crippen LogP contribution in [0.25, 0.3) is 0 Å². The van der Waals surface area contributed by atoms with Gasteiger partial charge in [-0.25, -0.2) is 0 Å². The number of benzene rings is 2. The Bertz CT molecular complexity index is 650. The molecule has 1 heterocycles. The van der Waals surface area contributed by atoms with Gasteiger partial charge in [-0.15, -0.1) is 0 Å². The van der Waals surface area contributed by atoms with E-state index < -0.39 is 0 Å². The van der Waals surface area contributed by atoms with Crippen LogP contribution in [0.3, 0.4) is 0 Å². The van der Waals surface area contributed by atoms with E-state index in [9.17, 15) is 0 Å². The molecule has 1 saturated heterocycles. The van der Waals surface area contributed by atoms with Crippen LogP contribution in [-0.4, -0.2) is 43.0 Å². The Morgan fingerprint density at radius 3 is 2.13 bits per heavy atom. The summed E-state index contributed by atoms with van der Waals surface area (Å²) in [4.78, 5) is 4.95. The second-order valence-corrected chi connectivity index (χ2v) is 6.23. The van der Waals surface area contributed by atoms with Crippen molar-refractivity contribution in [3.05, 3.63) is 71.3 Å². The SMILES string of the molecule is CN1CCN(C(c2ccccc2)c2ccc(CC#N)cc2)CC1. The normalized spacial score (nSPS) is 17.6. The van der Waals surface area contributed by atoms with E-state index in [1.165, 1.54) is 11.1 Å². The molecule has 0 saturated carbocycles. The van der Waals surface area contributed by atoms with Gasteiger partial charge in [0, 0.05) is 26.2 Å². The Kier molecular flexibility index (Phi) is 5.07. The zero-order chi connectivity index (χ0) is 16.1. The lowest BCUT2D eigenvalue weighted by atomic mass is 9.95. The molecule has 0 spiro atoms. The topological polar surface area (TPSA) is 30.3 Å². The molecule has 3 heteroatoms. The summed E-state index contributed by atoms with van der Waals surface area (Å²) < 4.78 is 0. The minimum atomic E-state index is 0.293. The lowest BCUT2D eigenvalue weighted by Crippen LogP contribution is -2.46. The Labute approximate surface area is 138 Å². The molecule has 1 fully saturated rings. The molecule has 23 heavy (non-hydrogen) atoms. The van der Waals surface area contributed by atoms with E-state index in [1.54, 1.807) is 0 Å². The first-order valence-corrected chi connectivity index (χ1v) is 8.21. The highest BCUT2D eigenvalue weighted by Crippen LogP contribution is 2.29. The molecule has 0 radical (unpaired) electrons. The monoisotopic (exact) mass is 305 g/mol. The first-order chi connectivity index (χ1) is 11.3. The molecule has 1 aliphatic rings. The molecule has 0 N–H and O–H groups in total. The predicted molar refractivity (Wildman–Crippen MR) is 93.1 cm³/mol. The first kappa shape index (κ1) is 15.7. The standard InChI is InChI=1S/C20H23N3/c1-22-13-15-23(16-14-22)20(18-5-3-2-4-6-18)19-9-7-17(8-10-19)11-12-21/h2-10,20H,11,13-16H2,1H3. The van der Waals surface area contributed by atoms with Crippen LogP contribution in [0.15, 0.2) is 54.6 Å². The van der Waals surface area contributed by atoms with Crippen molar-refractivity contribution < 1.29 is 0 Å². The van der Waals surface area contributed by atoms with Gasteiger partial charge in [0.05, 0.1) is 18.5 Å². The molecule has 1 atom stereocenters. The van der Waals surface area contributed by atoms with E-state index in [2.05, 4.69) is 77.5 Å². The summed E-state index contributed by atoms with van der Waals surface area (Å²) in [5, 5.41) is 8.84. The smallest absolute Gasteiger partial charge is 0.0669 e. The van der Waals surface area contributed by atoms with Gasteiger partial charge in [-0.3, -0.25) is 4.90 Å². The minimum Gasteiger partial charge on any atom is -0.304 e. The second kappa shape index (κ2) is 7.41. The molecular weight excluding hydrogens is 282 g/mol. The maximum atomic E-state index is 8.84. The highest BCUT2D eigenvalue weighted by Gasteiger charge is 2.25. The van der Waals surface area contributed by atoms with E-state index in [-0.39, 0.29) is 0 Å². The number of nitriles is 1. The third-order valence-electron chi connectivity index (χ3n) is 4.60. The largest absolute Gasteiger partial charge is 0.304 e. The van der Waals surface area contributed by atoms with Crippen molar-refractivity contribution in [2.75, 3.05) is 33.2 Å². The maximum absolute atomic E-state index is 8.84. The number of hydrogen-bond acceptors (Lipinski definition) is 3. The lowest BCUT2D eigenvalue weighted by molar-refractivity contribution is 0.127. The average molecular weight is 305 g/mol. The van der Waals surface area contributed by atoms with Crippen molar-refractivity contribution in [1.82, 2.24) is 9.80 Å². The summed E-state index contributed by atoms with van der Waals surface area (Å²) in [6.07, 6.45) is 0.477.